The highest BCUT2D eigenvalue weighted by atomic mass is 14.2. The van der Waals surface area contributed by atoms with Crippen molar-refractivity contribution in [1.29, 1.82) is 0 Å². The first-order valence-electron chi connectivity index (χ1n) is 15.9. The van der Waals surface area contributed by atoms with E-state index in [0.717, 1.165) is 18.4 Å². The molecule has 0 fully saturated rings. The summed E-state index contributed by atoms with van der Waals surface area (Å²) >= 11 is 0. The Morgan fingerprint density at radius 3 is 1.78 bits per heavy atom. The number of hydrogen-bond acceptors (Lipinski definition) is 0. The zero-order valence-corrected chi connectivity index (χ0v) is 25.6. The second kappa shape index (κ2) is 11.2. The average Bonchev–Trinajstić information content (AvgIpc) is 3.10. The normalized spacial score (nSPS) is 13.0. The van der Waals surface area contributed by atoms with Crippen molar-refractivity contribution >= 4 is 50.0 Å². The fraction of sp³-hybridized carbons (Fsp3) is 0.0667. The maximum atomic E-state index is 3.98. The highest BCUT2D eigenvalue weighted by Gasteiger charge is 2.16. The van der Waals surface area contributed by atoms with E-state index in [-0.39, 0.29) is 0 Å². The molecule has 0 unspecified atom stereocenters. The summed E-state index contributed by atoms with van der Waals surface area (Å²) in [4.78, 5) is 0. The summed E-state index contributed by atoms with van der Waals surface area (Å²) < 4.78 is 0. The van der Waals surface area contributed by atoms with Crippen LogP contribution in [0.5, 0.6) is 0 Å². The zero-order valence-electron chi connectivity index (χ0n) is 25.6. The molecule has 0 nitrogen and oxygen atoms in total. The van der Waals surface area contributed by atoms with Crippen LogP contribution in [0.2, 0.25) is 0 Å². The summed E-state index contributed by atoms with van der Waals surface area (Å²) in [5, 5.41) is 10.4. The molecule has 0 spiro atoms. The highest BCUT2D eigenvalue weighted by Crippen LogP contribution is 2.35. The van der Waals surface area contributed by atoms with Gasteiger partial charge in [-0.1, -0.05) is 134 Å². The minimum atomic E-state index is 1.06. The standard InChI is InChI=1S/C45H34/c1-3-30(4-2)34-21-22-37-27-35(23-24-36(37)26-34)33-14-11-15-38(29-33)44-40-16-7-9-18-42(40)45(43-19-10-8-17-41(43)44)39-25-20-31-12-5-6-13-32(31)28-39/h3-7,9,11-29H,1,8,10H2,2H3/b30-4+. The lowest BCUT2D eigenvalue weighted by molar-refractivity contribution is 1.12. The lowest BCUT2D eigenvalue weighted by atomic mass is 9.85. The highest BCUT2D eigenvalue weighted by molar-refractivity contribution is 6.07. The van der Waals surface area contributed by atoms with E-state index in [2.05, 4.69) is 159 Å². The summed E-state index contributed by atoms with van der Waals surface area (Å²) in [6.45, 7) is 6.04. The van der Waals surface area contributed by atoms with Gasteiger partial charge in [-0.05, 0) is 131 Å². The largest absolute Gasteiger partial charge is 0.0985 e. The Kier molecular flexibility index (Phi) is 6.77. The van der Waals surface area contributed by atoms with E-state index >= 15 is 0 Å². The Morgan fingerprint density at radius 2 is 1.04 bits per heavy atom. The molecule has 214 valence electrons. The van der Waals surface area contributed by atoms with Gasteiger partial charge in [0.1, 0.15) is 0 Å². The molecule has 0 amide bonds. The third-order valence-electron chi connectivity index (χ3n) is 9.39. The van der Waals surface area contributed by atoms with E-state index in [9.17, 15) is 0 Å². The lowest BCUT2D eigenvalue weighted by Gasteiger charge is -2.18. The number of rotatable bonds is 5. The van der Waals surface area contributed by atoms with E-state index in [1.807, 2.05) is 6.08 Å². The van der Waals surface area contributed by atoms with Crippen molar-refractivity contribution < 1.29 is 0 Å². The van der Waals surface area contributed by atoms with Gasteiger partial charge >= 0.3 is 0 Å². The van der Waals surface area contributed by atoms with Gasteiger partial charge in [-0.15, -0.1) is 0 Å². The topological polar surface area (TPSA) is 0 Å². The second-order valence-corrected chi connectivity index (χ2v) is 12.0. The van der Waals surface area contributed by atoms with Crippen LogP contribution < -0.4 is 10.4 Å². The SMILES string of the molecule is C=C/C(=C\C)c1ccc2cc(-c3cccc(-c4c5c(c(-c6ccc7ccccc7c6)c6ccccc46)=CCCC=5)c3)ccc2c1. The van der Waals surface area contributed by atoms with E-state index in [1.165, 1.54) is 81.7 Å². The van der Waals surface area contributed by atoms with Crippen molar-refractivity contribution in [2.24, 2.45) is 0 Å². The van der Waals surface area contributed by atoms with Crippen LogP contribution in [-0.4, -0.2) is 0 Å². The molecule has 8 rings (SSSR count). The number of allylic oxidation sites excluding steroid dienone is 3. The molecule has 0 atom stereocenters. The molecule has 0 heterocycles. The fourth-order valence-electron chi connectivity index (χ4n) is 7.19. The molecular weight excluding hydrogens is 540 g/mol. The Morgan fingerprint density at radius 1 is 0.511 bits per heavy atom. The van der Waals surface area contributed by atoms with Gasteiger partial charge in [0.05, 0.1) is 0 Å². The van der Waals surface area contributed by atoms with Crippen molar-refractivity contribution in [1.82, 2.24) is 0 Å². The summed E-state index contributed by atoms with van der Waals surface area (Å²) in [6, 6.07) is 47.2. The van der Waals surface area contributed by atoms with E-state index in [0.29, 0.717) is 0 Å². The first kappa shape index (κ1) is 27.1. The summed E-state index contributed by atoms with van der Waals surface area (Å²) in [7, 11) is 0. The Labute approximate surface area is 264 Å². The van der Waals surface area contributed by atoms with Crippen LogP contribution >= 0.6 is 0 Å². The van der Waals surface area contributed by atoms with Crippen LogP contribution in [0.1, 0.15) is 25.3 Å². The smallest absolute Gasteiger partial charge is 0.00295 e. The van der Waals surface area contributed by atoms with Gasteiger partial charge in [-0.25, -0.2) is 0 Å². The number of hydrogen-bond donors (Lipinski definition) is 0. The molecule has 7 aromatic carbocycles. The predicted octanol–water partition coefficient (Wildman–Crippen LogP) is 11.1. The second-order valence-electron chi connectivity index (χ2n) is 12.0. The maximum absolute atomic E-state index is 3.98. The van der Waals surface area contributed by atoms with Crippen LogP contribution in [-0.2, 0) is 0 Å². The van der Waals surface area contributed by atoms with Crippen molar-refractivity contribution in [3.8, 4) is 33.4 Å². The van der Waals surface area contributed by atoms with E-state index in [1.54, 1.807) is 0 Å². The van der Waals surface area contributed by atoms with E-state index < -0.39 is 0 Å². The van der Waals surface area contributed by atoms with Gasteiger partial charge in [0.2, 0.25) is 0 Å². The molecule has 0 N–H and O–H groups in total. The van der Waals surface area contributed by atoms with Gasteiger partial charge in [-0.3, -0.25) is 0 Å². The first-order chi connectivity index (χ1) is 22.2. The minimum absolute atomic E-state index is 1.06. The van der Waals surface area contributed by atoms with Gasteiger partial charge in [0.15, 0.2) is 0 Å². The Balaban J connectivity index is 1.31. The van der Waals surface area contributed by atoms with Crippen LogP contribution in [0.3, 0.4) is 0 Å². The molecule has 45 heavy (non-hydrogen) atoms. The van der Waals surface area contributed by atoms with Crippen LogP contribution in [0.25, 0.3) is 83.4 Å². The Bertz CT molecular complexity index is 2450. The number of fused-ring (bicyclic) bond motifs is 4. The van der Waals surface area contributed by atoms with Gasteiger partial charge in [-0.2, -0.15) is 0 Å². The average molecular weight is 575 g/mol. The van der Waals surface area contributed by atoms with Gasteiger partial charge < -0.3 is 0 Å². The van der Waals surface area contributed by atoms with E-state index in [4.69, 9.17) is 0 Å². The zero-order chi connectivity index (χ0) is 30.3. The molecule has 0 bridgehead atoms. The van der Waals surface area contributed by atoms with Gasteiger partial charge in [0.25, 0.3) is 0 Å². The summed E-state index contributed by atoms with van der Waals surface area (Å²) in [6.07, 6.45) is 11.1. The molecule has 0 saturated heterocycles. The molecular formula is C45H34. The third-order valence-corrected chi connectivity index (χ3v) is 9.39. The Hall–Kier alpha value is -5.46. The maximum Gasteiger partial charge on any atom is -0.00295 e. The molecule has 0 aromatic heterocycles. The quantitative estimate of drug-likeness (QED) is 0.179. The molecule has 0 saturated carbocycles. The third kappa shape index (κ3) is 4.71. The van der Waals surface area contributed by atoms with Crippen molar-refractivity contribution in [3.05, 3.63) is 162 Å². The molecule has 1 aliphatic carbocycles. The van der Waals surface area contributed by atoms with Gasteiger partial charge in [0, 0.05) is 0 Å². The summed E-state index contributed by atoms with van der Waals surface area (Å²) in [5.74, 6) is 0. The molecule has 0 heteroatoms. The fourth-order valence-corrected chi connectivity index (χ4v) is 7.19. The first-order valence-corrected chi connectivity index (χ1v) is 15.9. The monoisotopic (exact) mass is 574 g/mol. The number of benzene rings is 7. The lowest BCUT2D eigenvalue weighted by Crippen LogP contribution is -2.31. The van der Waals surface area contributed by atoms with Crippen LogP contribution in [0.4, 0.5) is 0 Å². The molecule has 0 radical (unpaired) electrons. The minimum Gasteiger partial charge on any atom is -0.0985 e. The molecule has 0 aliphatic heterocycles. The molecule has 7 aromatic rings. The van der Waals surface area contributed by atoms with Crippen LogP contribution in [0.15, 0.2) is 146 Å². The van der Waals surface area contributed by atoms with Crippen molar-refractivity contribution in [3.63, 3.8) is 0 Å². The van der Waals surface area contributed by atoms with Crippen molar-refractivity contribution in [2.75, 3.05) is 0 Å². The predicted molar refractivity (Wildman–Crippen MR) is 197 cm³/mol. The van der Waals surface area contributed by atoms with Crippen molar-refractivity contribution in [2.45, 2.75) is 19.8 Å². The summed E-state index contributed by atoms with van der Waals surface area (Å²) in [5.41, 5.74) is 10.0. The molecule has 1 aliphatic rings. The van der Waals surface area contributed by atoms with Crippen LogP contribution in [0, 0.1) is 0 Å².